The Balaban J connectivity index is 1.73. The van der Waals surface area contributed by atoms with Gasteiger partial charge in [0.15, 0.2) is 0 Å². The highest BCUT2D eigenvalue weighted by Crippen LogP contribution is 2.31. The lowest BCUT2D eigenvalue weighted by molar-refractivity contribution is -0.148. The van der Waals surface area contributed by atoms with Crippen molar-refractivity contribution < 1.29 is 14.7 Å². The summed E-state index contributed by atoms with van der Waals surface area (Å²) in [5, 5.41) is 14.2. The van der Waals surface area contributed by atoms with E-state index in [0.717, 1.165) is 12.1 Å². The van der Waals surface area contributed by atoms with E-state index in [9.17, 15) is 9.59 Å². The third kappa shape index (κ3) is 2.61. The second-order valence-electron chi connectivity index (χ2n) is 4.45. The molecule has 0 unspecified atom stereocenters. The Labute approximate surface area is 104 Å². The van der Waals surface area contributed by atoms with Crippen molar-refractivity contribution in [2.45, 2.75) is 31.2 Å². The summed E-state index contributed by atoms with van der Waals surface area (Å²) >= 11 is 0. The predicted molar refractivity (Wildman–Crippen MR) is 63.0 cm³/mol. The number of aliphatic carboxylic acids is 1. The SMILES string of the molecule is O=C(NCCc1cnc[nH]1)NC1(C(=O)O)CCC1. The zero-order valence-corrected chi connectivity index (χ0v) is 9.90. The smallest absolute Gasteiger partial charge is 0.329 e. The molecular formula is C11H16N4O3. The molecule has 0 bridgehead atoms. The van der Waals surface area contributed by atoms with Gasteiger partial charge in [-0.1, -0.05) is 0 Å². The molecule has 1 saturated carbocycles. The van der Waals surface area contributed by atoms with Gasteiger partial charge in [-0.2, -0.15) is 0 Å². The van der Waals surface area contributed by atoms with E-state index in [1.807, 2.05) is 0 Å². The van der Waals surface area contributed by atoms with Crippen LogP contribution in [0.1, 0.15) is 25.0 Å². The predicted octanol–water partition coefficient (Wildman–Crippen LogP) is 0.259. The number of carbonyl (C=O) groups excluding carboxylic acids is 1. The number of nitrogens with zero attached hydrogens (tertiary/aromatic N) is 1. The molecule has 7 heteroatoms. The van der Waals surface area contributed by atoms with Gasteiger partial charge in [-0.15, -0.1) is 0 Å². The van der Waals surface area contributed by atoms with Crippen LogP contribution in [0.5, 0.6) is 0 Å². The molecule has 0 radical (unpaired) electrons. The molecule has 1 fully saturated rings. The van der Waals surface area contributed by atoms with Gasteiger partial charge in [0.2, 0.25) is 0 Å². The van der Waals surface area contributed by atoms with Crippen LogP contribution < -0.4 is 10.6 Å². The minimum absolute atomic E-state index is 0.434. The van der Waals surface area contributed by atoms with Crippen LogP contribution in [0.25, 0.3) is 0 Å². The Morgan fingerprint density at radius 1 is 1.50 bits per heavy atom. The van der Waals surface area contributed by atoms with Crippen LogP contribution in [0, 0.1) is 0 Å². The molecule has 1 aromatic heterocycles. The molecule has 98 valence electrons. The molecule has 7 nitrogen and oxygen atoms in total. The van der Waals surface area contributed by atoms with Gasteiger partial charge in [0.1, 0.15) is 5.54 Å². The van der Waals surface area contributed by atoms with Crippen LogP contribution in [0.4, 0.5) is 4.79 Å². The van der Waals surface area contributed by atoms with Crippen LogP contribution in [0.2, 0.25) is 0 Å². The number of carbonyl (C=O) groups is 2. The monoisotopic (exact) mass is 252 g/mol. The zero-order valence-electron chi connectivity index (χ0n) is 9.90. The van der Waals surface area contributed by atoms with E-state index in [-0.39, 0.29) is 0 Å². The fourth-order valence-corrected chi connectivity index (χ4v) is 1.92. The minimum Gasteiger partial charge on any atom is -0.480 e. The Morgan fingerprint density at radius 2 is 2.28 bits per heavy atom. The molecule has 0 aliphatic heterocycles. The van der Waals surface area contributed by atoms with Crippen molar-refractivity contribution >= 4 is 12.0 Å². The highest BCUT2D eigenvalue weighted by Gasteiger charge is 2.45. The summed E-state index contributed by atoms with van der Waals surface area (Å²) in [6.07, 6.45) is 5.72. The Kier molecular flexibility index (Phi) is 3.50. The molecule has 2 rings (SSSR count). The molecule has 0 spiro atoms. The first kappa shape index (κ1) is 12.4. The van der Waals surface area contributed by atoms with Crippen LogP contribution in [-0.4, -0.2) is 39.2 Å². The number of aromatic nitrogens is 2. The topological polar surface area (TPSA) is 107 Å². The normalized spacial score (nSPS) is 16.7. The zero-order chi connectivity index (χ0) is 13.0. The van der Waals surface area contributed by atoms with Gasteiger partial charge >= 0.3 is 12.0 Å². The molecule has 1 aliphatic carbocycles. The van der Waals surface area contributed by atoms with Crippen molar-refractivity contribution in [1.82, 2.24) is 20.6 Å². The summed E-state index contributed by atoms with van der Waals surface area (Å²) in [5.41, 5.74) is -0.134. The standard InChI is InChI=1S/C11H16N4O3/c16-9(17)11(3-1-4-11)15-10(18)13-5-2-8-6-12-7-14-8/h6-7H,1-5H2,(H,12,14)(H,16,17)(H2,13,15,18). The number of rotatable bonds is 5. The van der Waals surface area contributed by atoms with Gasteiger partial charge < -0.3 is 20.7 Å². The summed E-state index contributed by atoms with van der Waals surface area (Å²) in [6, 6.07) is -0.434. The molecule has 0 atom stereocenters. The highest BCUT2D eigenvalue weighted by molar-refractivity contribution is 5.87. The van der Waals surface area contributed by atoms with Crippen LogP contribution in [0.15, 0.2) is 12.5 Å². The molecule has 2 amide bonds. The summed E-state index contributed by atoms with van der Waals surface area (Å²) < 4.78 is 0. The molecule has 4 N–H and O–H groups in total. The molecule has 18 heavy (non-hydrogen) atoms. The average Bonchev–Trinajstić information content (AvgIpc) is 2.76. The average molecular weight is 252 g/mol. The van der Waals surface area contributed by atoms with Crippen LogP contribution in [0.3, 0.4) is 0 Å². The number of nitrogens with one attached hydrogen (secondary N) is 3. The number of urea groups is 1. The van der Waals surface area contributed by atoms with Crippen molar-refractivity contribution in [1.29, 1.82) is 0 Å². The number of hydrogen-bond acceptors (Lipinski definition) is 3. The third-order valence-electron chi connectivity index (χ3n) is 3.20. The van der Waals surface area contributed by atoms with Gasteiger partial charge in [-0.3, -0.25) is 0 Å². The minimum atomic E-state index is -1.06. The quantitative estimate of drug-likeness (QED) is 0.603. The van der Waals surface area contributed by atoms with Gasteiger partial charge in [0, 0.05) is 24.9 Å². The lowest BCUT2D eigenvalue weighted by Gasteiger charge is -2.38. The van der Waals surface area contributed by atoms with Crippen LogP contribution >= 0.6 is 0 Å². The molecule has 0 saturated heterocycles. The van der Waals surface area contributed by atoms with E-state index < -0.39 is 17.5 Å². The lowest BCUT2D eigenvalue weighted by Crippen LogP contribution is -2.61. The van der Waals surface area contributed by atoms with E-state index >= 15 is 0 Å². The number of imidazole rings is 1. The lowest BCUT2D eigenvalue weighted by atomic mass is 9.77. The number of carboxylic acids is 1. The highest BCUT2D eigenvalue weighted by atomic mass is 16.4. The van der Waals surface area contributed by atoms with E-state index in [2.05, 4.69) is 20.6 Å². The first-order chi connectivity index (χ1) is 8.62. The van der Waals surface area contributed by atoms with E-state index in [1.165, 1.54) is 0 Å². The van der Waals surface area contributed by atoms with E-state index in [1.54, 1.807) is 12.5 Å². The van der Waals surface area contributed by atoms with Crippen molar-refractivity contribution in [3.8, 4) is 0 Å². The van der Waals surface area contributed by atoms with Crippen molar-refractivity contribution in [3.63, 3.8) is 0 Å². The van der Waals surface area contributed by atoms with Gasteiger partial charge in [0.25, 0.3) is 0 Å². The summed E-state index contributed by atoms with van der Waals surface area (Å²) in [7, 11) is 0. The summed E-state index contributed by atoms with van der Waals surface area (Å²) in [5.74, 6) is -0.961. The summed E-state index contributed by atoms with van der Waals surface area (Å²) in [4.78, 5) is 29.4. The van der Waals surface area contributed by atoms with E-state index in [4.69, 9.17) is 5.11 Å². The fraction of sp³-hybridized carbons (Fsp3) is 0.545. The second-order valence-corrected chi connectivity index (χ2v) is 4.45. The van der Waals surface area contributed by atoms with Crippen LogP contribution in [-0.2, 0) is 11.2 Å². The van der Waals surface area contributed by atoms with Crippen molar-refractivity contribution in [2.75, 3.05) is 6.54 Å². The molecule has 0 aromatic carbocycles. The molecule has 1 aromatic rings. The maximum Gasteiger partial charge on any atom is 0.329 e. The largest absolute Gasteiger partial charge is 0.480 e. The number of carboxylic acid groups (broad SMARTS) is 1. The Morgan fingerprint density at radius 3 is 2.78 bits per heavy atom. The molecular weight excluding hydrogens is 236 g/mol. The number of H-pyrrole nitrogens is 1. The van der Waals surface area contributed by atoms with Crippen molar-refractivity contribution in [2.24, 2.45) is 0 Å². The maximum absolute atomic E-state index is 11.6. The number of aromatic amines is 1. The first-order valence-corrected chi connectivity index (χ1v) is 5.89. The molecule has 1 heterocycles. The number of hydrogen-bond donors (Lipinski definition) is 4. The summed E-state index contributed by atoms with van der Waals surface area (Å²) in [6.45, 7) is 0.434. The van der Waals surface area contributed by atoms with Gasteiger partial charge in [-0.25, -0.2) is 14.6 Å². The second kappa shape index (κ2) is 5.07. The Hall–Kier alpha value is -2.05. The number of amides is 2. The van der Waals surface area contributed by atoms with Crippen molar-refractivity contribution in [3.05, 3.63) is 18.2 Å². The maximum atomic E-state index is 11.6. The first-order valence-electron chi connectivity index (χ1n) is 5.89. The Bertz CT molecular complexity index is 426. The van der Waals surface area contributed by atoms with Gasteiger partial charge in [-0.05, 0) is 19.3 Å². The van der Waals surface area contributed by atoms with E-state index in [0.29, 0.717) is 25.8 Å². The molecule has 1 aliphatic rings. The van der Waals surface area contributed by atoms with Gasteiger partial charge in [0.05, 0.1) is 6.33 Å². The third-order valence-corrected chi connectivity index (χ3v) is 3.20. The fourth-order valence-electron chi connectivity index (χ4n) is 1.92.